The van der Waals surface area contributed by atoms with Crippen molar-refractivity contribution in [2.75, 3.05) is 19.7 Å². The van der Waals surface area contributed by atoms with Crippen LogP contribution in [0.25, 0.3) is 5.82 Å². The molecule has 1 aromatic carbocycles. The van der Waals surface area contributed by atoms with E-state index in [1.165, 1.54) is 16.9 Å². The van der Waals surface area contributed by atoms with Crippen LogP contribution < -0.4 is 5.56 Å². The summed E-state index contributed by atoms with van der Waals surface area (Å²) in [5, 5.41) is 19.7. The lowest BCUT2D eigenvalue weighted by molar-refractivity contribution is -0.0228. The molecule has 0 bridgehead atoms. The van der Waals surface area contributed by atoms with Gasteiger partial charge in [-0.3, -0.25) is 9.59 Å². The SMILES string of the molecule is Cc1c(C(=O)N2CCOC(c3cccc(C#N)c3)C2)cnn1-c1ccc(=O)[nH]n1. The largest absolute Gasteiger partial charge is 0.370 e. The average Bonchev–Trinajstić information content (AvgIpc) is 3.15. The molecule has 3 aromatic rings. The van der Waals surface area contributed by atoms with Crippen LogP contribution in [0.15, 0.2) is 47.4 Å². The Morgan fingerprint density at radius 3 is 2.97 bits per heavy atom. The van der Waals surface area contributed by atoms with Gasteiger partial charge in [0, 0.05) is 12.6 Å². The van der Waals surface area contributed by atoms with Crippen molar-refractivity contribution in [3.63, 3.8) is 0 Å². The molecule has 2 aromatic heterocycles. The first-order valence-corrected chi connectivity index (χ1v) is 9.08. The molecule has 9 heteroatoms. The summed E-state index contributed by atoms with van der Waals surface area (Å²) in [4.78, 5) is 26.0. The van der Waals surface area contributed by atoms with Gasteiger partial charge in [-0.25, -0.2) is 9.78 Å². The molecule has 1 saturated heterocycles. The Morgan fingerprint density at radius 1 is 1.34 bits per heavy atom. The number of hydrogen-bond donors (Lipinski definition) is 1. The van der Waals surface area contributed by atoms with E-state index in [1.54, 1.807) is 30.0 Å². The zero-order valence-corrected chi connectivity index (χ0v) is 15.7. The number of hydrogen-bond acceptors (Lipinski definition) is 6. The number of aromatic nitrogens is 4. The van der Waals surface area contributed by atoms with E-state index in [0.29, 0.717) is 42.3 Å². The van der Waals surface area contributed by atoms with E-state index in [4.69, 9.17) is 10.00 Å². The standard InChI is InChI=1S/C20H18N6O3/c1-13-16(11-22-26(13)18-5-6-19(27)24-23-18)20(28)25-7-8-29-17(12-25)15-4-2-3-14(9-15)10-21/h2-6,9,11,17H,7-8,12H2,1H3,(H,24,27). The van der Waals surface area contributed by atoms with Crippen LogP contribution in [-0.4, -0.2) is 50.5 Å². The molecular weight excluding hydrogens is 372 g/mol. The second-order valence-corrected chi connectivity index (χ2v) is 6.68. The van der Waals surface area contributed by atoms with Crippen LogP contribution >= 0.6 is 0 Å². The molecular formula is C20H18N6O3. The quantitative estimate of drug-likeness (QED) is 0.721. The van der Waals surface area contributed by atoms with Crippen molar-refractivity contribution >= 4 is 5.91 Å². The van der Waals surface area contributed by atoms with Crippen LogP contribution in [-0.2, 0) is 4.74 Å². The fourth-order valence-corrected chi connectivity index (χ4v) is 3.32. The summed E-state index contributed by atoms with van der Waals surface area (Å²) in [6.45, 7) is 3.03. The van der Waals surface area contributed by atoms with Crippen molar-refractivity contribution < 1.29 is 9.53 Å². The van der Waals surface area contributed by atoms with Gasteiger partial charge in [0.15, 0.2) is 5.82 Å². The number of H-pyrrole nitrogens is 1. The number of nitrogens with one attached hydrogen (secondary N) is 1. The third kappa shape index (κ3) is 3.66. The highest BCUT2D eigenvalue weighted by atomic mass is 16.5. The number of carbonyl (C=O) groups excluding carboxylic acids is 1. The number of nitrogens with zero attached hydrogens (tertiary/aromatic N) is 5. The predicted octanol–water partition coefficient (Wildman–Crippen LogP) is 1.35. The Morgan fingerprint density at radius 2 is 2.21 bits per heavy atom. The molecule has 1 unspecified atom stereocenters. The van der Waals surface area contributed by atoms with Gasteiger partial charge in [0.25, 0.3) is 11.5 Å². The van der Waals surface area contributed by atoms with Gasteiger partial charge < -0.3 is 9.64 Å². The topological polar surface area (TPSA) is 117 Å². The number of rotatable bonds is 3. The minimum absolute atomic E-state index is 0.150. The highest BCUT2D eigenvalue weighted by Gasteiger charge is 2.28. The Kier molecular flexibility index (Phi) is 4.93. The van der Waals surface area contributed by atoms with E-state index < -0.39 is 0 Å². The molecule has 0 saturated carbocycles. The van der Waals surface area contributed by atoms with Gasteiger partial charge in [-0.05, 0) is 30.7 Å². The normalized spacial score (nSPS) is 16.4. The van der Waals surface area contributed by atoms with Gasteiger partial charge in [0.2, 0.25) is 0 Å². The molecule has 0 radical (unpaired) electrons. The van der Waals surface area contributed by atoms with Crippen LogP contribution in [0.4, 0.5) is 0 Å². The summed E-state index contributed by atoms with van der Waals surface area (Å²) < 4.78 is 7.34. The van der Waals surface area contributed by atoms with Crippen molar-refractivity contribution in [2.24, 2.45) is 0 Å². The molecule has 3 heterocycles. The molecule has 1 aliphatic heterocycles. The summed E-state index contributed by atoms with van der Waals surface area (Å²) >= 11 is 0. The molecule has 0 spiro atoms. The Hall–Kier alpha value is -3.77. The lowest BCUT2D eigenvalue weighted by Gasteiger charge is -2.33. The van der Waals surface area contributed by atoms with Crippen molar-refractivity contribution in [1.82, 2.24) is 24.9 Å². The second-order valence-electron chi connectivity index (χ2n) is 6.68. The number of benzene rings is 1. The lowest BCUT2D eigenvalue weighted by atomic mass is 10.0. The van der Waals surface area contributed by atoms with Crippen LogP contribution in [0.1, 0.15) is 33.3 Å². The first-order valence-electron chi connectivity index (χ1n) is 9.08. The van der Waals surface area contributed by atoms with Crippen LogP contribution in [0.5, 0.6) is 0 Å². The van der Waals surface area contributed by atoms with Gasteiger partial charge in [0.1, 0.15) is 6.10 Å². The zero-order valence-electron chi connectivity index (χ0n) is 15.7. The van der Waals surface area contributed by atoms with Gasteiger partial charge >= 0.3 is 0 Å². The van der Waals surface area contributed by atoms with E-state index in [0.717, 1.165) is 5.56 Å². The van der Waals surface area contributed by atoms with E-state index >= 15 is 0 Å². The van der Waals surface area contributed by atoms with E-state index in [1.807, 2.05) is 12.1 Å². The minimum atomic E-state index is -0.310. The first-order chi connectivity index (χ1) is 14.1. The van der Waals surface area contributed by atoms with Crippen molar-refractivity contribution in [2.45, 2.75) is 13.0 Å². The first kappa shape index (κ1) is 18.6. The maximum absolute atomic E-state index is 13.1. The number of carbonyl (C=O) groups is 1. The molecule has 9 nitrogen and oxygen atoms in total. The summed E-state index contributed by atoms with van der Waals surface area (Å²) in [6, 6.07) is 12.2. The van der Waals surface area contributed by atoms with Crippen molar-refractivity contribution in [3.8, 4) is 11.9 Å². The van der Waals surface area contributed by atoms with Gasteiger partial charge in [0.05, 0.1) is 42.2 Å². The van der Waals surface area contributed by atoms with Crippen LogP contribution in [0.2, 0.25) is 0 Å². The highest BCUT2D eigenvalue weighted by Crippen LogP contribution is 2.25. The minimum Gasteiger partial charge on any atom is -0.370 e. The maximum Gasteiger partial charge on any atom is 0.264 e. The summed E-state index contributed by atoms with van der Waals surface area (Å²) in [7, 11) is 0. The average molecular weight is 390 g/mol. The third-order valence-corrected chi connectivity index (χ3v) is 4.86. The summed E-state index contributed by atoms with van der Waals surface area (Å²) in [6.07, 6.45) is 1.21. The Balaban J connectivity index is 1.56. The highest BCUT2D eigenvalue weighted by molar-refractivity contribution is 5.95. The van der Waals surface area contributed by atoms with Crippen molar-refractivity contribution in [1.29, 1.82) is 5.26 Å². The molecule has 1 atom stereocenters. The van der Waals surface area contributed by atoms with Crippen LogP contribution in [0, 0.1) is 18.3 Å². The molecule has 1 amide bonds. The van der Waals surface area contributed by atoms with Gasteiger partial charge in [-0.15, -0.1) is 0 Å². The number of ether oxygens (including phenoxy) is 1. The number of amides is 1. The lowest BCUT2D eigenvalue weighted by Crippen LogP contribution is -2.42. The Labute approximate surface area is 166 Å². The molecule has 29 heavy (non-hydrogen) atoms. The number of morpholine rings is 1. The maximum atomic E-state index is 13.1. The second kappa shape index (κ2) is 7.69. The molecule has 4 rings (SSSR count). The third-order valence-electron chi connectivity index (χ3n) is 4.86. The molecule has 1 aliphatic rings. The molecule has 1 fully saturated rings. The molecule has 1 N–H and O–H groups in total. The van der Waals surface area contributed by atoms with Gasteiger partial charge in [-0.2, -0.15) is 15.5 Å². The molecule has 146 valence electrons. The van der Waals surface area contributed by atoms with E-state index in [-0.39, 0.29) is 17.6 Å². The fraction of sp³-hybridized carbons (Fsp3) is 0.250. The van der Waals surface area contributed by atoms with E-state index in [2.05, 4.69) is 21.4 Å². The summed E-state index contributed by atoms with van der Waals surface area (Å²) in [5.74, 6) is 0.275. The van der Waals surface area contributed by atoms with Crippen LogP contribution in [0.3, 0.4) is 0 Å². The predicted molar refractivity (Wildman–Crippen MR) is 102 cm³/mol. The fourth-order valence-electron chi connectivity index (χ4n) is 3.32. The van der Waals surface area contributed by atoms with E-state index in [9.17, 15) is 9.59 Å². The van der Waals surface area contributed by atoms with Gasteiger partial charge in [-0.1, -0.05) is 12.1 Å². The smallest absolute Gasteiger partial charge is 0.264 e. The summed E-state index contributed by atoms with van der Waals surface area (Å²) in [5.41, 5.74) is 2.20. The van der Waals surface area contributed by atoms with Crippen molar-refractivity contribution in [3.05, 3.63) is 75.3 Å². The zero-order chi connectivity index (χ0) is 20.4. The monoisotopic (exact) mass is 390 g/mol. The number of aromatic amines is 1. The molecule has 0 aliphatic carbocycles. The Bertz CT molecular complexity index is 1140. The number of nitriles is 1.